The van der Waals surface area contributed by atoms with Crippen molar-refractivity contribution in [3.05, 3.63) is 0 Å². The molecule has 2 atom stereocenters. The van der Waals surface area contributed by atoms with Crippen LogP contribution in [0.4, 0.5) is 4.79 Å². The van der Waals surface area contributed by atoms with E-state index in [4.69, 9.17) is 9.47 Å². The Kier molecular flexibility index (Phi) is 4.30. The van der Waals surface area contributed by atoms with Crippen molar-refractivity contribution in [3.63, 3.8) is 0 Å². The number of rotatable bonds is 2. The Bertz CT molecular complexity index is 349. The van der Waals surface area contributed by atoms with Gasteiger partial charge in [0, 0.05) is 19.2 Å². The maximum atomic E-state index is 12.4. The van der Waals surface area contributed by atoms with Crippen molar-refractivity contribution in [3.8, 4) is 0 Å². The van der Waals surface area contributed by atoms with E-state index in [1.54, 1.807) is 7.11 Å². The molecule has 0 saturated carbocycles. The summed E-state index contributed by atoms with van der Waals surface area (Å²) in [6.07, 6.45) is 3.89. The fourth-order valence-electron chi connectivity index (χ4n) is 3.53. The summed E-state index contributed by atoms with van der Waals surface area (Å²) in [6, 6.07) is 0.134. The monoisotopic (exact) mass is 285 g/mol. The molecule has 2 aliphatic heterocycles. The standard InChI is InChI=1S/C15H27NO4/c1-14(2,3)20-13(17)16-11-6-5-7-12(16)9-15(18,8-11)10-19-4/h11-12,18H,5-10H2,1-4H3. The Morgan fingerprint density at radius 3 is 2.30 bits per heavy atom. The van der Waals surface area contributed by atoms with Crippen LogP contribution in [0.1, 0.15) is 52.9 Å². The van der Waals surface area contributed by atoms with Crippen molar-refractivity contribution in [1.29, 1.82) is 0 Å². The smallest absolute Gasteiger partial charge is 0.410 e. The molecule has 5 heteroatoms. The molecule has 5 nitrogen and oxygen atoms in total. The minimum absolute atomic E-state index is 0.0671. The molecule has 2 rings (SSSR count). The van der Waals surface area contributed by atoms with E-state index in [9.17, 15) is 9.90 Å². The van der Waals surface area contributed by atoms with E-state index in [2.05, 4.69) is 0 Å². The number of ether oxygens (including phenoxy) is 2. The molecule has 1 amide bonds. The fraction of sp³-hybridized carbons (Fsp3) is 0.933. The first-order chi connectivity index (χ1) is 9.24. The second-order valence-electron chi connectivity index (χ2n) is 7.19. The Morgan fingerprint density at radius 2 is 1.85 bits per heavy atom. The lowest BCUT2D eigenvalue weighted by Crippen LogP contribution is -2.61. The first-order valence-corrected chi connectivity index (χ1v) is 7.47. The molecule has 0 aromatic rings. The van der Waals surface area contributed by atoms with E-state index in [1.807, 2.05) is 25.7 Å². The number of carbonyl (C=O) groups is 1. The van der Waals surface area contributed by atoms with Gasteiger partial charge in [-0.25, -0.2) is 4.79 Å². The predicted molar refractivity (Wildman–Crippen MR) is 75.6 cm³/mol. The number of aliphatic hydroxyl groups is 1. The normalized spacial score (nSPS) is 34.0. The number of piperidine rings is 2. The number of carbonyl (C=O) groups excluding carboxylic acids is 1. The third kappa shape index (κ3) is 3.44. The third-order valence-corrected chi connectivity index (χ3v) is 4.11. The maximum absolute atomic E-state index is 12.4. The van der Waals surface area contributed by atoms with Crippen LogP contribution >= 0.6 is 0 Å². The van der Waals surface area contributed by atoms with Crippen LogP contribution in [0, 0.1) is 0 Å². The Balaban J connectivity index is 2.10. The fourth-order valence-corrected chi connectivity index (χ4v) is 3.53. The molecule has 0 radical (unpaired) electrons. The molecule has 2 heterocycles. The van der Waals surface area contributed by atoms with Gasteiger partial charge in [-0.2, -0.15) is 0 Å². The largest absolute Gasteiger partial charge is 0.444 e. The molecule has 0 aromatic carbocycles. The number of hydrogen-bond donors (Lipinski definition) is 1. The molecule has 2 aliphatic rings. The summed E-state index contributed by atoms with van der Waals surface area (Å²) < 4.78 is 10.7. The summed E-state index contributed by atoms with van der Waals surface area (Å²) in [4.78, 5) is 14.2. The predicted octanol–water partition coefficient (Wildman–Crippen LogP) is 2.32. The zero-order valence-electron chi connectivity index (χ0n) is 13.0. The molecule has 0 aliphatic carbocycles. The number of hydrogen-bond acceptors (Lipinski definition) is 4. The number of nitrogens with zero attached hydrogens (tertiary/aromatic N) is 1. The van der Waals surface area contributed by atoms with E-state index >= 15 is 0 Å². The summed E-state index contributed by atoms with van der Waals surface area (Å²) in [5, 5.41) is 10.6. The van der Waals surface area contributed by atoms with Gasteiger partial charge in [0.1, 0.15) is 5.60 Å². The highest BCUT2D eigenvalue weighted by molar-refractivity contribution is 5.69. The van der Waals surface area contributed by atoms with Crippen molar-refractivity contribution in [2.45, 2.75) is 76.2 Å². The van der Waals surface area contributed by atoms with Gasteiger partial charge in [-0.05, 0) is 52.9 Å². The van der Waals surface area contributed by atoms with E-state index in [0.717, 1.165) is 19.3 Å². The van der Waals surface area contributed by atoms with Crippen LogP contribution in [-0.2, 0) is 9.47 Å². The molecule has 2 bridgehead atoms. The minimum atomic E-state index is -0.803. The van der Waals surface area contributed by atoms with E-state index < -0.39 is 11.2 Å². The first-order valence-electron chi connectivity index (χ1n) is 7.47. The van der Waals surface area contributed by atoms with Crippen LogP contribution in [0.25, 0.3) is 0 Å². The maximum Gasteiger partial charge on any atom is 0.410 e. The summed E-state index contributed by atoms with van der Waals surface area (Å²) in [5.41, 5.74) is -1.28. The lowest BCUT2D eigenvalue weighted by molar-refractivity contribution is -0.119. The molecule has 0 aromatic heterocycles. The Morgan fingerprint density at radius 1 is 1.30 bits per heavy atom. The SMILES string of the molecule is COCC1(O)CC2CCCC(C1)N2C(=O)OC(C)(C)C. The van der Waals surface area contributed by atoms with Crippen LogP contribution in [0.3, 0.4) is 0 Å². The van der Waals surface area contributed by atoms with E-state index in [0.29, 0.717) is 19.4 Å². The molecule has 2 unspecified atom stereocenters. The van der Waals surface area contributed by atoms with Gasteiger partial charge < -0.3 is 19.5 Å². The van der Waals surface area contributed by atoms with Crippen molar-refractivity contribution in [1.82, 2.24) is 4.90 Å². The van der Waals surface area contributed by atoms with Gasteiger partial charge in [0.05, 0.1) is 12.2 Å². The highest BCUT2D eigenvalue weighted by Gasteiger charge is 2.48. The topological polar surface area (TPSA) is 59.0 Å². The first kappa shape index (κ1) is 15.6. The van der Waals surface area contributed by atoms with Crippen molar-refractivity contribution in [2.24, 2.45) is 0 Å². The Labute approximate surface area is 121 Å². The average Bonchev–Trinajstić information content (AvgIpc) is 2.24. The van der Waals surface area contributed by atoms with Crippen molar-refractivity contribution in [2.75, 3.05) is 13.7 Å². The molecular weight excluding hydrogens is 258 g/mol. The molecular formula is C15H27NO4. The highest BCUT2D eigenvalue weighted by atomic mass is 16.6. The summed E-state index contributed by atoms with van der Waals surface area (Å²) in [6.45, 7) is 5.98. The summed E-state index contributed by atoms with van der Waals surface area (Å²) in [5.74, 6) is 0. The van der Waals surface area contributed by atoms with Gasteiger partial charge in [-0.15, -0.1) is 0 Å². The minimum Gasteiger partial charge on any atom is -0.444 e. The molecule has 2 saturated heterocycles. The van der Waals surface area contributed by atoms with Gasteiger partial charge in [0.25, 0.3) is 0 Å². The zero-order chi connectivity index (χ0) is 15.0. The van der Waals surface area contributed by atoms with Crippen molar-refractivity contribution >= 4 is 6.09 Å². The molecule has 2 fully saturated rings. The van der Waals surface area contributed by atoms with Gasteiger partial charge >= 0.3 is 6.09 Å². The van der Waals surface area contributed by atoms with Gasteiger partial charge in [-0.1, -0.05) is 0 Å². The van der Waals surface area contributed by atoms with Crippen LogP contribution in [0.5, 0.6) is 0 Å². The third-order valence-electron chi connectivity index (χ3n) is 4.11. The Hall–Kier alpha value is -0.810. The van der Waals surface area contributed by atoms with Crippen LogP contribution in [0.2, 0.25) is 0 Å². The van der Waals surface area contributed by atoms with Crippen LogP contribution < -0.4 is 0 Å². The van der Waals surface area contributed by atoms with E-state index in [-0.39, 0.29) is 18.2 Å². The molecule has 20 heavy (non-hydrogen) atoms. The van der Waals surface area contributed by atoms with Crippen LogP contribution in [-0.4, -0.2) is 53.1 Å². The summed E-state index contributed by atoms with van der Waals surface area (Å²) in [7, 11) is 1.61. The van der Waals surface area contributed by atoms with Gasteiger partial charge in [-0.3, -0.25) is 0 Å². The van der Waals surface area contributed by atoms with Crippen molar-refractivity contribution < 1.29 is 19.4 Å². The van der Waals surface area contributed by atoms with Crippen LogP contribution in [0.15, 0.2) is 0 Å². The average molecular weight is 285 g/mol. The highest BCUT2D eigenvalue weighted by Crippen LogP contribution is 2.40. The number of methoxy groups -OCH3 is 1. The number of amides is 1. The van der Waals surface area contributed by atoms with Gasteiger partial charge in [0.15, 0.2) is 0 Å². The molecule has 0 spiro atoms. The second kappa shape index (κ2) is 5.53. The summed E-state index contributed by atoms with van der Waals surface area (Å²) >= 11 is 0. The lowest BCUT2D eigenvalue weighted by atomic mass is 9.76. The number of fused-ring (bicyclic) bond motifs is 2. The molecule has 116 valence electrons. The molecule has 1 N–H and O–H groups in total. The van der Waals surface area contributed by atoms with Gasteiger partial charge in [0.2, 0.25) is 0 Å². The van der Waals surface area contributed by atoms with E-state index in [1.165, 1.54) is 0 Å². The quantitative estimate of drug-likeness (QED) is 0.846. The lowest BCUT2D eigenvalue weighted by Gasteiger charge is -2.51. The zero-order valence-corrected chi connectivity index (χ0v) is 13.0. The second-order valence-corrected chi connectivity index (χ2v) is 7.19.